The molecule has 108 valence electrons. The van der Waals surface area contributed by atoms with E-state index in [9.17, 15) is 0 Å². The molecule has 0 spiro atoms. The van der Waals surface area contributed by atoms with Crippen LogP contribution < -0.4 is 5.73 Å². The van der Waals surface area contributed by atoms with E-state index in [4.69, 9.17) is 5.73 Å². The SMILES string of the molecule is CCC/C=C\CC1c2nc(N)nc3c2[C@@H](CC3)CC1C. The summed E-state index contributed by atoms with van der Waals surface area (Å²) < 4.78 is 0. The number of unbranched alkanes of at least 4 members (excludes halogenated alkanes) is 1. The molecule has 0 radical (unpaired) electrons. The first kappa shape index (κ1) is 13.6. The lowest BCUT2D eigenvalue weighted by Gasteiger charge is -2.33. The zero-order valence-electron chi connectivity index (χ0n) is 12.6. The third-order valence-corrected chi connectivity index (χ3v) is 4.92. The largest absolute Gasteiger partial charge is 0.368 e. The molecule has 0 saturated heterocycles. The topological polar surface area (TPSA) is 51.8 Å². The lowest BCUT2D eigenvalue weighted by Crippen LogP contribution is -2.23. The highest BCUT2D eigenvalue weighted by atomic mass is 15.0. The Balaban J connectivity index is 1.91. The Bertz CT molecular complexity index is 521. The van der Waals surface area contributed by atoms with Gasteiger partial charge in [0.1, 0.15) is 0 Å². The minimum atomic E-state index is 0.469. The van der Waals surface area contributed by atoms with Crippen molar-refractivity contribution in [1.29, 1.82) is 0 Å². The number of aryl methyl sites for hydroxylation is 1. The van der Waals surface area contributed by atoms with E-state index >= 15 is 0 Å². The minimum Gasteiger partial charge on any atom is -0.368 e. The predicted octanol–water partition coefficient (Wildman–Crippen LogP) is 3.96. The van der Waals surface area contributed by atoms with Crippen LogP contribution in [0.5, 0.6) is 0 Å². The summed E-state index contributed by atoms with van der Waals surface area (Å²) >= 11 is 0. The molecule has 2 aliphatic carbocycles. The van der Waals surface area contributed by atoms with Crippen molar-refractivity contribution < 1.29 is 0 Å². The Morgan fingerprint density at radius 1 is 1.30 bits per heavy atom. The molecule has 3 nitrogen and oxygen atoms in total. The summed E-state index contributed by atoms with van der Waals surface area (Å²) in [7, 11) is 0. The van der Waals surface area contributed by atoms with Crippen molar-refractivity contribution in [1.82, 2.24) is 9.97 Å². The first-order valence-electron chi connectivity index (χ1n) is 8.01. The van der Waals surface area contributed by atoms with Crippen molar-refractivity contribution in [2.75, 3.05) is 5.73 Å². The summed E-state index contributed by atoms with van der Waals surface area (Å²) in [6, 6.07) is 0. The third kappa shape index (κ3) is 2.34. The van der Waals surface area contributed by atoms with E-state index in [-0.39, 0.29) is 0 Å². The average Bonchev–Trinajstić information content (AvgIpc) is 2.80. The van der Waals surface area contributed by atoms with Gasteiger partial charge in [-0.3, -0.25) is 0 Å². The molecule has 2 N–H and O–H groups in total. The molecule has 3 atom stereocenters. The maximum Gasteiger partial charge on any atom is 0.220 e. The monoisotopic (exact) mass is 271 g/mol. The van der Waals surface area contributed by atoms with E-state index in [1.807, 2.05) is 0 Å². The van der Waals surface area contributed by atoms with Gasteiger partial charge in [-0.2, -0.15) is 0 Å². The molecule has 0 amide bonds. The molecule has 0 saturated carbocycles. The zero-order valence-corrected chi connectivity index (χ0v) is 12.6. The van der Waals surface area contributed by atoms with Gasteiger partial charge in [0.2, 0.25) is 5.95 Å². The summed E-state index contributed by atoms with van der Waals surface area (Å²) in [5.41, 5.74) is 9.86. The molecule has 0 aliphatic heterocycles. The molecular formula is C17H25N3. The number of nitrogens with two attached hydrogens (primary N) is 1. The number of anilines is 1. The molecule has 1 aromatic rings. The van der Waals surface area contributed by atoms with Crippen LogP contribution in [-0.2, 0) is 6.42 Å². The highest BCUT2D eigenvalue weighted by Gasteiger charge is 2.38. The van der Waals surface area contributed by atoms with Crippen molar-refractivity contribution >= 4 is 5.95 Å². The second kappa shape index (κ2) is 5.55. The quantitative estimate of drug-likeness (QED) is 0.843. The van der Waals surface area contributed by atoms with E-state index in [2.05, 4.69) is 36.0 Å². The van der Waals surface area contributed by atoms with Gasteiger partial charge >= 0.3 is 0 Å². The lowest BCUT2D eigenvalue weighted by molar-refractivity contribution is 0.355. The fourth-order valence-corrected chi connectivity index (χ4v) is 3.92. The van der Waals surface area contributed by atoms with Gasteiger partial charge in [0, 0.05) is 11.6 Å². The molecule has 1 heterocycles. The van der Waals surface area contributed by atoms with Crippen LogP contribution in [0.1, 0.15) is 74.7 Å². The Kier molecular flexibility index (Phi) is 3.77. The van der Waals surface area contributed by atoms with E-state index in [1.54, 1.807) is 0 Å². The summed E-state index contributed by atoms with van der Waals surface area (Å²) in [6.45, 7) is 4.59. The van der Waals surface area contributed by atoms with Crippen LogP contribution in [0.3, 0.4) is 0 Å². The van der Waals surface area contributed by atoms with Gasteiger partial charge in [-0.15, -0.1) is 0 Å². The first-order chi connectivity index (χ1) is 9.70. The van der Waals surface area contributed by atoms with Gasteiger partial charge in [0.15, 0.2) is 0 Å². The molecule has 2 aliphatic rings. The van der Waals surface area contributed by atoms with Crippen molar-refractivity contribution in [2.45, 2.75) is 64.2 Å². The second-order valence-corrected chi connectivity index (χ2v) is 6.38. The number of rotatable bonds is 4. The summed E-state index contributed by atoms with van der Waals surface area (Å²) in [5, 5.41) is 0. The van der Waals surface area contributed by atoms with Gasteiger partial charge in [0.05, 0.1) is 5.69 Å². The molecule has 20 heavy (non-hydrogen) atoms. The van der Waals surface area contributed by atoms with Crippen LogP contribution in [0.2, 0.25) is 0 Å². The van der Waals surface area contributed by atoms with Crippen LogP contribution >= 0.6 is 0 Å². The number of hydrogen-bond acceptors (Lipinski definition) is 3. The van der Waals surface area contributed by atoms with Crippen LogP contribution in [-0.4, -0.2) is 9.97 Å². The molecule has 3 heteroatoms. The highest BCUT2D eigenvalue weighted by Crippen LogP contribution is 2.49. The van der Waals surface area contributed by atoms with E-state index in [0.717, 1.165) is 12.8 Å². The number of allylic oxidation sites excluding steroid dienone is 2. The Labute approximate surface area is 121 Å². The number of hydrogen-bond donors (Lipinski definition) is 1. The number of nitrogen functional groups attached to an aromatic ring is 1. The minimum absolute atomic E-state index is 0.469. The second-order valence-electron chi connectivity index (χ2n) is 6.38. The predicted molar refractivity (Wildman–Crippen MR) is 82.7 cm³/mol. The van der Waals surface area contributed by atoms with Crippen molar-refractivity contribution in [3.05, 3.63) is 29.1 Å². The number of aromatic nitrogens is 2. The molecule has 0 bridgehead atoms. The lowest BCUT2D eigenvalue weighted by atomic mass is 9.73. The van der Waals surface area contributed by atoms with Crippen LogP contribution in [0.4, 0.5) is 5.95 Å². The van der Waals surface area contributed by atoms with Gasteiger partial charge in [0.25, 0.3) is 0 Å². The summed E-state index contributed by atoms with van der Waals surface area (Å²) in [4.78, 5) is 9.09. The van der Waals surface area contributed by atoms with Crippen molar-refractivity contribution in [3.8, 4) is 0 Å². The van der Waals surface area contributed by atoms with E-state index < -0.39 is 0 Å². The molecule has 0 aromatic carbocycles. The van der Waals surface area contributed by atoms with Crippen LogP contribution in [0.25, 0.3) is 0 Å². The standard InChI is InChI=1S/C17H25N3/c1-3-4-5-6-7-13-11(2)10-12-8-9-14-15(12)16(13)20-17(18)19-14/h5-6,11-13H,3-4,7-10H2,1-2H3,(H2,18,19,20)/b6-5-/t11?,12-,13?/m0/s1. The summed E-state index contributed by atoms with van der Waals surface area (Å²) in [5.74, 6) is 2.37. The summed E-state index contributed by atoms with van der Waals surface area (Å²) in [6.07, 6.45) is 11.8. The molecule has 1 aromatic heterocycles. The van der Waals surface area contributed by atoms with Gasteiger partial charge in [-0.25, -0.2) is 9.97 Å². The average molecular weight is 271 g/mol. The van der Waals surface area contributed by atoms with Crippen LogP contribution in [0, 0.1) is 5.92 Å². The molecule has 0 fully saturated rings. The van der Waals surface area contributed by atoms with Gasteiger partial charge in [-0.1, -0.05) is 32.4 Å². The van der Waals surface area contributed by atoms with Gasteiger partial charge in [-0.05, 0) is 49.5 Å². The highest BCUT2D eigenvalue weighted by molar-refractivity contribution is 5.42. The van der Waals surface area contributed by atoms with E-state index in [0.29, 0.717) is 23.7 Å². The Morgan fingerprint density at radius 3 is 2.95 bits per heavy atom. The maximum atomic E-state index is 5.92. The van der Waals surface area contributed by atoms with Crippen molar-refractivity contribution in [3.63, 3.8) is 0 Å². The zero-order chi connectivity index (χ0) is 14.1. The normalized spacial score (nSPS) is 28.0. The molecule has 3 rings (SSSR count). The number of nitrogens with zero attached hydrogens (tertiary/aromatic N) is 2. The fourth-order valence-electron chi connectivity index (χ4n) is 3.92. The fraction of sp³-hybridized carbons (Fsp3) is 0.647. The smallest absolute Gasteiger partial charge is 0.220 e. The first-order valence-corrected chi connectivity index (χ1v) is 8.01. The Hall–Kier alpha value is -1.38. The maximum absolute atomic E-state index is 5.92. The molecular weight excluding hydrogens is 246 g/mol. The van der Waals surface area contributed by atoms with Crippen molar-refractivity contribution in [2.24, 2.45) is 5.92 Å². The van der Waals surface area contributed by atoms with E-state index in [1.165, 1.54) is 42.6 Å². The van der Waals surface area contributed by atoms with Crippen LogP contribution in [0.15, 0.2) is 12.2 Å². The third-order valence-electron chi connectivity index (χ3n) is 4.92. The Morgan fingerprint density at radius 2 is 2.15 bits per heavy atom. The molecule has 2 unspecified atom stereocenters. The van der Waals surface area contributed by atoms with Gasteiger partial charge < -0.3 is 5.73 Å².